The molecule has 2 aliphatic heterocycles. The number of benzene rings is 2. The van der Waals surface area contributed by atoms with Crippen LogP contribution >= 0.6 is 0 Å². The summed E-state index contributed by atoms with van der Waals surface area (Å²) in [5.41, 5.74) is 6.05. The van der Waals surface area contributed by atoms with E-state index >= 15 is 0 Å². The molecule has 0 bridgehead atoms. The number of fused-ring (bicyclic) bond motifs is 1. The number of carbonyl (C=O) groups is 1. The van der Waals surface area contributed by atoms with E-state index in [9.17, 15) is 4.79 Å². The molecule has 0 aliphatic carbocycles. The number of hydrogen-bond acceptors (Lipinski definition) is 3. The highest BCUT2D eigenvalue weighted by Gasteiger charge is 2.25. The summed E-state index contributed by atoms with van der Waals surface area (Å²) in [6.07, 6.45) is 2.86. The Kier molecular flexibility index (Phi) is 6.35. The number of amides is 1. The van der Waals surface area contributed by atoms with Crippen LogP contribution in [0.2, 0.25) is 0 Å². The molecule has 0 saturated carbocycles. The zero-order valence-electron chi connectivity index (χ0n) is 17.7. The quantitative estimate of drug-likeness (QED) is 0.770. The zero-order valence-corrected chi connectivity index (χ0v) is 17.7. The Morgan fingerprint density at radius 1 is 1.10 bits per heavy atom. The van der Waals surface area contributed by atoms with E-state index < -0.39 is 0 Å². The van der Waals surface area contributed by atoms with Crippen LogP contribution in [0.3, 0.4) is 0 Å². The Hall–Kier alpha value is -2.84. The summed E-state index contributed by atoms with van der Waals surface area (Å²) in [6, 6.07) is 14.5. The van der Waals surface area contributed by atoms with E-state index in [1.54, 1.807) is 0 Å². The Labute approximate surface area is 179 Å². The Balaban J connectivity index is 1.19. The molecule has 2 aromatic rings. The van der Waals surface area contributed by atoms with Gasteiger partial charge < -0.3 is 10.2 Å². The molecule has 1 amide bonds. The lowest BCUT2D eigenvalue weighted by molar-refractivity contribution is -0.125. The van der Waals surface area contributed by atoms with Crippen molar-refractivity contribution >= 4 is 17.3 Å². The summed E-state index contributed by atoms with van der Waals surface area (Å²) < 4.78 is 0. The smallest absolute Gasteiger partial charge is 0.223 e. The third-order valence-corrected chi connectivity index (χ3v) is 6.39. The fourth-order valence-corrected chi connectivity index (χ4v) is 4.55. The van der Waals surface area contributed by atoms with Gasteiger partial charge in [-0.2, -0.15) is 0 Å². The van der Waals surface area contributed by atoms with Gasteiger partial charge in [0.25, 0.3) is 0 Å². The van der Waals surface area contributed by atoms with E-state index in [0.29, 0.717) is 5.69 Å². The normalized spacial score (nSPS) is 17.3. The first-order chi connectivity index (χ1) is 14.6. The summed E-state index contributed by atoms with van der Waals surface area (Å²) in [5.74, 6) is 0.305. The third kappa shape index (κ3) is 4.83. The minimum atomic E-state index is 0.105. The van der Waals surface area contributed by atoms with Crippen molar-refractivity contribution in [2.75, 3.05) is 37.6 Å². The van der Waals surface area contributed by atoms with Crippen molar-refractivity contribution in [2.24, 2.45) is 5.92 Å². The maximum atomic E-state index is 12.6. The molecule has 1 saturated heterocycles. The first kappa shape index (κ1) is 20.4. The van der Waals surface area contributed by atoms with Crippen molar-refractivity contribution in [3.63, 3.8) is 0 Å². The molecule has 30 heavy (non-hydrogen) atoms. The molecule has 0 atom stereocenters. The zero-order chi connectivity index (χ0) is 20.9. The predicted molar refractivity (Wildman–Crippen MR) is 121 cm³/mol. The summed E-state index contributed by atoms with van der Waals surface area (Å²) in [4.78, 5) is 20.8. The minimum absolute atomic E-state index is 0.105. The van der Waals surface area contributed by atoms with Gasteiger partial charge in [-0.05, 0) is 49.4 Å². The molecule has 0 aromatic heterocycles. The number of rotatable bonds is 5. The molecular weight excluding hydrogens is 372 g/mol. The predicted octanol–water partition coefficient (Wildman–Crippen LogP) is 3.94. The standard InChI is InChI=1S/C25H30N4O/c1-19-3-4-22-18-28(13-9-21(22)17-19)16-12-27-25(30)20-10-14-29(15-11-20)24-7-5-23(26-2)6-8-24/h3-8,17,20H,9-16,18H2,1H3,(H,27,30). The largest absolute Gasteiger partial charge is 0.372 e. The van der Waals surface area contributed by atoms with Crippen LogP contribution in [0.4, 0.5) is 11.4 Å². The Morgan fingerprint density at radius 2 is 1.87 bits per heavy atom. The van der Waals surface area contributed by atoms with E-state index in [2.05, 4.69) is 45.1 Å². The van der Waals surface area contributed by atoms with Crippen LogP contribution in [0.25, 0.3) is 4.85 Å². The van der Waals surface area contributed by atoms with Gasteiger partial charge in [0.2, 0.25) is 5.91 Å². The molecule has 2 heterocycles. The number of piperidine rings is 1. The summed E-state index contributed by atoms with van der Waals surface area (Å²) in [6.45, 7) is 14.7. The molecule has 1 fully saturated rings. The van der Waals surface area contributed by atoms with Crippen LogP contribution in [0, 0.1) is 19.4 Å². The second-order valence-electron chi connectivity index (χ2n) is 8.48. The number of anilines is 1. The van der Waals surface area contributed by atoms with E-state index in [0.717, 1.165) is 64.2 Å². The number of nitrogens with zero attached hydrogens (tertiary/aromatic N) is 3. The monoisotopic (exact) mass is 402 g/mol. The number of nitrogens with one attached hydrogen (secondary N) is 1. The fourth-order valence-electron chi connectivity index (χ4n) is 4.55. The minimum Gasteiger partial charge on any atom is -0.372 e. The topological polar surface area (TPSA) is 39.9 Å². The summed E-state index contributed by atoms with van der Waals surface area (Å²) >= 11 is 0. The fraction of sp³-hybridized carbons (Fsp3) is 0.440. The highest BCUT2D eigenvalue weighted by molar-refractivity contribution is 5.79. The Morgan fingerprint density at radius 3 is 2.60 bits per heavy atom. The third-order valence-electron chi connectivity index (χ3n) is 6.39. The van der Waals surface area contributed by atoms with Gasteiger partial charge in [0.1, 0.15) is 0 Å². The average Bonchev–Trinajstić information content (AvgIpc) is 2.79. The van der Waals surface area contributed by atoms with Crippen molar-refractivity contribution in [3.8, 4) is 0 Å². The second kappa shape index (κ2) is 9.32. The number of hydrogen-bond donors (Lipinski definition) is 1. The van der Waals surface area contributed by atoms with E-state index in [1.165, 1.54) is 16.7 Å². The van der Waals surface area contributed by atoms with Gasteiger partial charge in [-0.3, -0.25) is 9.69 Å². The van der Waals surface area contributed by atoms with E-state index in [4.69, 9.17) is 6.57 Å². The van der Waals surface area contributed by atoms with Gasteiger partial charge in [-0.1, -0.05) is 35.9 Å². The van der Waals surface area contributed by atoms with E-state index in [1.807, 2.05) is 24.3 Å². The Bertz CT molecular complexity index is 923. The number of carbonyl (C=O) groups excluding carboxylic acids is 1. The van der Waals surface area contributed by atoms with Crippen LogP contribution in [-0.2, 0) is 17.8 Å². The molecule has 4 rings (SSSR count). The van der Waals surface area contributed by atoms with Crippen molar-refractivity contribution in [3.05, 3.63) is 70.6 Å². The summed E-state index contributed by atoms with van der Waals surface area (Å²) in [7, 11) is 0. The first-order valence-corrected chi connectivity index (χ1v) is 10.9. The van der Waals surface area contributed by atoms with Gasteiger partial charge in [0, 0.05) is 50.9 Å². The number of aryl methyl sites for hydroxylation is 1. The molecule has 5 nitrogen and oxygen atoms in total. The van der Waals surface area contributed by atoms with Gasteiger partial charge in [-0.15, -0.1) is 0 Å². The van der Waals surface area contributed by atoms with Crippen molar-refractivity contribution in [1.82, 2.24) is 10.2 Å². The molecule has 2 aromatic carbocycles. The lowest BCUT2D eigenvalue weighted by atomic mass is 9.95. The summed E-state index contributed by atoms with van der Waals surface area (Å²) in [5, 5.41) is 3.17. The molecule has 5 heteroatoms. The van der Waals surface area contributed by atoms with Gasteiger partial charge in [0.15, 0.2) is 5.69 Å². The van der Waals surface area contributed by atoms with Crippen molar-refractivity contribution < 1.29 is 4.79 Å². The molecule has 0 unspecified atom stereocenters. The lowest BCUT2D eigenvalue weighted by Gasteiger charge is -2.33. The highest BCUT2D eigenvalue weighted by atomic mass is 16.1. The first-order valence-electron chi connectivity index (χ1n) is 10.9. The van der Waals surface area contributed by atoms with Crippen LogP contribution in [0.15, 0.2) is 42.5 Å². The molecule has 156 valence electrons. The second-order valence-corrected chi connectivity index (χ2v) is 8.48. The van der Waals surface area contributed by atoms with Crippen molar-refractivity contribution in [1.29, 1.82) is 0 Å². The van der Waals surface area contributed by atoms with Crippen LogP contribution in [-0.4, -0.2) is 43.5 Å². The molecule has 1 N–H and O–H groups in total. The lowest BCUT2D eigenvalue weighted by Crippen LogP contribution is -2.43. The van der Waals surface area contributed by atoms with Gasteiger partial charge >= 0.3 is 0 Å². The molecule has 2 aliphatic rings. The van der Waals surface area contributed by atoms with E-state index in [-0.39, 0.29) is 11.8 Å². The highest BCUT2D eigenvalue weighted by Crippen LogP contribution is 2.25. The molecular formula is C25H30N4O. The SMILES string of the molecule is [C-]#[N+]c1ccc(N2CCC(C(=O)NCCN3CCc4cc(C)ccc4C3)CC2)cc1. The average molecular weight is 403 g/mol. The van der Waals surface area contributed by atoms with Gasteiger partial charge in [0.05, 0.1) is 6.57 Å². The maximum Gasteiger partial charge on any atom is 0.223 e. The van der Waals surface area contributed by atoms with Crippen LogP contribution in [0.1, 0.15) is 29.5 Å². The van der Waals surface area contributed by atoms with Crippen LogP contribution in [0.5, 0.6) is 0 Å². The maximum absolute atomic E-state index is 12.6. The molecule has 0 spiro atoms. The van der Waals surface area contributed by atoms with Gasteiger partial charge in [-0.25, -0.2) is 4.85 Å². The van der Waals surface area contributed by atoms with Crippen molar-refractivity contribution in [2.45, 2.75) is 32.7 Å². The molecule has 0 radical (unpaired) electrons. The van der Waals surface area contributed by atoms with Crippen LogP contribution < -0.4 is 10.2 Å².